The van der Waals surface area contributed by atoms with E-state index in [2.05, 4.69) is 0 Å². The smallest absolute Gasteiger partial charge is 0.242 e. The molecule has 2 atom stereocenters. The van der Waals surface area contributed by atoms with Crippen LogP contribution in [-0.4, -0.2) is 12.2 Å². The molecule has 1 aromatic carbocycles. The van der Waals surface area contributed by atoms with Crippen molar-refractivity contribution < 1.29 is 13.6 Å². The lowest BCUT2D eigenvalue weighted by Gasteiger charge is -2.31. The van der Waals surface area contributed by atoms with Crippen molar-refractivity contribution in [2.75, 3.05) is 0 Å². The van der Waals surface area contributed by atoms with Crippen molar-refractivity contribution in [1.29, 1.82) is 0 Å². The van der Waals surface area contributed by atoms with Gasteiger partial charge in [0.2, 0.25) is 6.43 Å². The molecular formula is C15H18F2O. The average molecular weight is 252 g/mol. The molecule has 1 aliphatic carbocycles. The number of benzene rings is 1. The van der Waals surface area contributed by atoms with Gasteiger partial charge in [-0.15, -0.1) is 0 Å². The van der Waals surface area contributed by atoms with Crippen LogP contribution in [0.2, 0.25) is 0 Å². The molecule has 3 heteroatoms. The van der Waals surface area contributed by atoms with Crippen LogP contribution in [0.3, 0.4) is 0 Å². The highest BCUT2D eigenvalue weighted by molar-refractivity contribution is 5.94. The van der Waals surface area contributed by atoms with Gasteiger partial charge in [-0.05, 0) is 37.3 Å². The van der Waals surface area contributed by atoms with E-state index in [9.17, 15) is 13.6 Å². The van der Waals surface area contributed by atoms with Crippen LogP contribution in [0.1, 0.15) is 54.4 Å². The van der Waals surface area contributed by atoms with Gasteiger partial charge in [-0.3, -0.25) is 4.79 Å². The van der Waals surface area contributed by atoms with E-state index in [1.807, 2.05) is 6.07 Å². The third-order valence-corrected chi connectivity index (χ3v) is 3.86. The zero-order valence-electron chi connectivity index (χ0n) is 10.5. The molecule has 1 saturated carbocycles. The van der Waals surface area contributed by atoms with Gasteiger partial charge in [-0.25, -0.2) is 8.78 Å². The molecule has 2 unspecified atom stereocenters. The lowest BCUT2D eigenvalue weighted by atomic mass is 9.75. The van der Waals surface area contributed by atoms with Crippen LogP contribution in [0, 0.1) is 5.92 Å². The predicted octanol–water partition coefficient (Wildman–Crippen LogP) is 4.43. The minimum absolute atomic E-state index is 0.0127. The largest absolute Gasteiger partial charge is 0.295 e. The second-order valence-electron chi connectivity index (χ2n) is 5.07. The minimum atomic E-state index is -2.27. The van der Waals surface area contributed by atoms with Gasteiger partial charge in [0.15, 0.2) is 5.78 Å². The SMILES string of the molecule is CC(=O)c1cccc(C2CCCCC2C(F)F)c1. The second-order valence-corrected chi connectivity index (χ2v) is 5.07. The van der Waals surface area contributed by atoms with E-state index in [-0.39, 0.29) is 11.7 Å². The molecule has 2 rings (SSSR count). The number of halogens is 2. The fourth-order valence-electron chi connectivity index (χ4n) is 2.86. The van der Waals surface area contributed by atoms with Crippen LogP contribution in [0.4, 0.5) is 8.78 Å². The Bertz CT molecular complexity index is 428. The number of alkyl halides is 2. The zero-order valence-corrected chi connectivity index (χ0v) is 10.5. The molecule has 0 saturated heterocycles. The third kappa shape index (κ3) is 2.77. The maximum Gasteiger partial charge on any atom is 0.242 e. The fourth-order valence-corrected chi connectivity index (χ4v) is 2.86. The van der Waals surface area contributed by atoms with E-state index in [1.165, 1.54) is 6.92 Å². The van der Waals surface area contributed by atoms with Crippen molar-refractivity contribution in [3.05, 3.63) is 35.4 Å². The highest BCUT2D eigenvalue weighted by Crippen LogP contribution is 2.41. The standard InChI is InChI=1S/C15H18F2O/c1-10(18)11-5-4-6-12(9-11)13-7-2-3-8-14(13)15(16)17/h4-6,9,13-15H,2-3,7-8H2,1H3. The molecule has 0 aromatic heterocycles. The van der Waals surface area contributed by atoms with E-state index < -0.39 is 12.3 Å². The van der Waals surface area contributed by atoms with Crippen LogP contribution < -0.4 is 0 Å². The Morgan fingerprint density at radius 1 is 1.28 bits per heavy atom. The topological polar surface area (TPSA) is 17.1 Å². The highest BCUT2D eigenvalue weighted by atomic mass is 19.3. The average Bonchev–Trinajstić information content (AvgIpc) is 2.39. The van der Waals surface area contributed by atoms with Gasteiger partial charge in [0, 0.05) is 11.5 Å². The Hall–Kier alpha value is -1.25. The van der Waals surface area contributed by atoms with Gasteiger partial charge in [-0.2, -0.15) is 0 Å². The number of hydrogen-bond donors (Lipinski definition) is 0. The van der Waals surface area contributed by atoms with Crippen LogP contribution >= 0.6 is 0 Å². The molecule has 0 amide bonds. The van der Waals surface area contributed by atoms with E-state index in [0.29, 0.717) is 12.0 Å². The van der Waals surface area contributed by atoms with Crippen LogP contribution in [-0.2, 0) is 0 Å². The van der Waals surface area contributed by atoms with Gasteiger partial charge >= 0.3 is 0 Å². The molecular weight excluding hydrogens is 234 g/mol. The normalized spacial score (nSPS) is 24.2. The first kappa shape index (κ1) is 13.2. The van der Waals surface area contributed by atoms with Gasteiger partial charge in [-0.1, -0.05) is 31.0 Å². The highest BCUT2D eigenvalue weighted by Gasteiger charge is 2.33. The lowest BCUT2D eigenvalue weighted by molar-refractivity contribution is 0.0430. The Morgan fingerprint density at radius 3 is 2.67 bits per heavy atom. The predicted molar refractivity (Wildman–Crippen MR) is 67.1 cm³/mol. The summed E-state index contributed by atoms with van der Waals surface area (Å²) in [6, 6.07) is 7.20. The van der Waals surface area contributed by atoms with Gasteiger partial charge in [0.1, 0.15) is 0 Å². The minimum Gasteiger partial charge on any atom is -0.295 e. The third-order valence-electron chi connectivity index (χ3n) is 3.86. The Morgan fingerprint density at radius 2 is 2.00 bits per heavy atom. The van der Waals surface area contributed by atoms with Crippen molar-refractivity contribution in [2.45, 2.75) is 45.0 Å². The molecule has 98 valence electrons. The molecule has 0 N–H and O–H groups in total. The van der Waals surface area contributed by atoms with Crippen molar-refractivity contribution >= 4 is 5.78 Å². The summed E-state index contributed by atoms with van der Waals surface area (Å²) in [5.41, 5.74) is 1.51. The van der Waals surface area contributed by atoms with Gasteiger partial charge < -0.3 is 0 Å². The molecule has 0 aliphatic heterocycles. The van der Waals surface area contributed by atoms with Crippen molar-refractivity contribution in [3.8, 4) is 0 Å². The number of carbonyl (C=O) groups is 1. The molecule has 1 nitrogen and oxygen atoms in total. The van der Waals surface area contributed by atoms with Crippen LogP contribution in [0.5, 0.6) is 0 Å². The number of rotatable bonds is 3. The van der Waals surface area contributed by atoms with E-state index in [0.717, 1.165) is 24.8 Å². The fraction of sp³-hybridized carbons (Fsp3) is 0.533. The van der Waals surface area contributed by atoms with Gasteiger partial charge in [0.05, 0.1) is 0 Å². The summed E-state index contributed by atoms with van der Waals surface area (Å²) >= 11 is 0. The Kier molecular flexibility index (Phi) is 4.10. The molecule has 1 aliphatic rings. The van der Waals surface area contributed by atoms with Crippen molar-refractivity contribution in [2.24, 2.45) is 5.92 Å². The van der Waals surface area contributed by atoms with E-state index in [4.69, 9.17) is 0 Å². The summed E-state index contributed by atoms with van der Waals surface area (Å²) in [6.45, 7) is 1.50. The van der Waals surface area contributed by atoms with E-state index >= 15 is 0 Å². The first-order chi connectivity index (χ1) is 8.59. The van der Waals surface area contributed by atoms with Crippen molar-refractivity contribution in [3.63, 3.8) is 0 Å². The molecule has 0 spiro atoms. The summed E-state index contributed by atoms with van der Waals surface area (Å²) in [7, 11) is 0. The Balaban J connectivity index is 2.28. The lowest BCUT2D eigenvalue weighted by Crippen LogP contribution is -2.24. The molecule has 18 heavy (non-hydrogen) atoms. The number of ketones is 1. The summed E-state index contributed by atoms with van der Waals surface area (Å²) in [6.07, 6.45) is 1.01. The molecule has 0 bridgehead atoms. The van der Waals surface area contributed by atoms with E-state index in [1.54, 1.807) is 18.2 Å². The maximum absolute atomic E-state index is 13.0. The second kappa shape index (κ2) is 5.59. The molecule has 0 radical (unpaired) electrons. The number of Topliss-reactive ketones (excluding diaryl/α,β-unsaturated/α-hetero) is 1. The molecule has 0 heterocycles. The maximum atomic E-state index is 13.0. The van der Waals surface area contributed by atoms with Gasteiger partial charge in [0.25, 0.3) is 0 Å². The summed E-state index contributed by atoms with van der Waals surface area (Å²) < 4.78 is 26.1. The summed E-state index contributed by atoms with van der Waals surface area (Å²) in [5.74, 6) is -0.666. The first-order valence-electron chi connectivity index (χ1n) is 6.48. The molecule has 1 fully saturated rings. The van der Waals surface area contributed by atoms with Crippen molar-refractivity contribution in [1.82, 2.24) is 0 Å². The van der Waals surface area contributed by atoms with Crippen LogP contribution in [0.25, 0.3) is 0 Å². The molecule has 1 aromatic rings. The number of carbonyl (C=O) groups excluding carboxylic acids is 1. The monoisotopic (exact) mass is 252 g/mol. The quantitative estimate of drug-likeness (QED) is 0.727. The first-order valence-corrected chi connectivity index (χ1v) is 6.48. The summed E-state index contributed by atoms with van der Waals surface area (Å²) in [4.78, 5) is 11.3. The summed E-state index contributed by atoms with van der Waals surface area (Å²) in [5, 5.41) is 0. The zero-order chi connectivity index (χ0) is 13.1. The number of hydrogen-bond acceptors (Lipinski definition) is 1. The van der Waals surface area contributed by atoms with Crippen LogP contribution in [0.15, 0.2) is 24.3 Å². The Labute approximate surface area is 106 Å².